The number of aliphatic hydroxyl groups is 1. The largest absolute Gasteiger partial charge is 0.501 e. The van der Waals surface area contributed by atoms with Gasteiger partial charge in [-0.05, 0) is 30.0 Å². The number of fused-ring (bicyclic) bond motifs is 2. The third kappa shape index (κ3) is 2.46. The van der Waals surface area contributed by atoms with Gasteiger partial charge in [0.15, 0.2) is 5.79 Å². The molecule has 1 N–H and O–H groups in total. The van der Waals surface area contributed by atoms with E-state index in [-0.39, 0.29) is 38.2 Å². The summed E-state index contributed by atoms with van der Waals surface area (Å²) in [6, 6.07) is 2.26. The van der Waals surface area contributed by atoms with E-state index in [1.54, 1.807) is 0 Å². The van der Waals surface area contributed by atoms with Crippen LogP contribution in [-0.2, 0) is 37.9 Å². The highest BCUT2D eigenvalue weighted by molar-refractivity contribution is 7.92. The van der Waals surface area contributed by atoms with Crippen LogP contribution in [0.3, 0.4) is 0 Å². The average molecular weight is 352 g/mol. The Balaban J connectivity index is 2.26. The van der Waals surface area contributed by atoms with Gasteiger partial charge in [0, 0.05) is 18.6 Å². The molecule has 1 saturated heterocycles. The lowest BCUT2D eigenvalue weighted by Crippen LogP contribution is -2.30. The van der Waals surface area contributed by atoms with E-state index in [1.807, 2.05) is 0 Å². The minimum Gasteiger partial charge on any atom is -0.396 e. The van der Waals surface area contributed by atoms with E-state index in [4.69, 9.17) is 14.6 Å². The van der Waals surface area contributed by atoms with E-state index >= 15 is 0 Å². The maximum absolute atomic E-state index is 13.0. The van der Waals surface area contributed by atoms with Crippen LogP contribution in [0.25, 0.3) is 0 Å². The van der Waals surface area contributed by atoms with Gasteiger partial charge in [-0.3, -0.25) is 0 Å². The van der Waals surface area contributed by atoms with E-state index in [9.17, 15) is 21.6 Å². The predicted molar refractivity (Wildman–Crippen MR) is 72.4 cm³/mol. The Morgan fingerprint density at radius 2 is 1.87 bits per heavy atom. The van der Waals surface area contributed by atoms with Crippen molar-refractivity contribution < 1.29 is 36.2 Å². The van der Waals surface area contributed by atoms with Crippen LogP contribution in [0.1, 0.15) is 23.1 Å². The molecule has 3 rings (SSSR count). The van der Waals surface area contributed by atoms with Crippen LogP contribution in [0.2, 0.25) is 0 Å². The number of rotatable bonds is 3. The van der Waals surface area contributed by atoms with E-state index in [1.165, 1.54) is 6.07 Å². The SMILES string of the molecule is O=S(=O)(c1ccc(CCO)c2c1C1(CC2)OCCO1)C(F)(F)F. The highest BCUT2D eigenvalue weighted by atomic mass is 32.2. The lowest BCUT2D eigenvalue weighted by molar-refractivity contribution is -0.164. The summed E-state index contributed by atoms with van der Waals surface area (Å²) in [7, 11) is -5.52. The highest BCUT2D eigenvalue weighted by Gasteiger charge is 2.54. The Bertz CT molecular complexity index is 721. The normalized spacial score (nSPS) is 20.2. The fraction of sp³-hybridized carbons (Fsp3) is 0.571. The maximum atomic E-state index is 13.0. The zero-order valence-corrected chi connectivity index (χ0v) is 12.8. The summed E-state index contributed by atoms with van der Waals surface area (Å²) >= 11 is 0. The van der Waals surface area contributed by atoms with E-state index in [0.29, 0.717) is 17.5 Å². The molecular formula is C14H15F3O5S. The molecule has 23 heavy (non-hydrogen) atoms. The lowest BCUT2D eigenvalue weighted by atomic mass is 9.99. The van der Waals surface area contributed by atoms with Crippen LogP contribution in [0, 0.1) is 0 Å². The number of hydrogen-bond acceptors (Lipinski definition) is 5. The molecular weight excluding hydrogens is 337 g/mol. The van der Waals surface area contributed by atoms with Crippen molar-refractivity contribution in [2.75, 3.05) is 19.8 Å². The monoisotopic (exact) mass is 352 g/mol. The molecule has 1 fully saturated rings. The minimum atomic E-state index is -5.52. The van der Waals surface area contributed by atoms with Gasteiger partial charge in [-0.1, -0.05) is 6.07 Å². The van der Waals surface area contributed by atoms with Gasteiger partial charge in [0.1, 0.15) is 0 Å². The Labute approximate surface area is 130 Å². The second-order valence-corrected chi connectivity index (χ2v) is 7.36. The Morgan fingerprint density at radius 1 is 1.22 bits per heavy atom. The van der Waals surface area contributed by atoms with E-state index in [0.717, 1.165) is 6.07 Å². The molecule has 1 heterocycles. The molecule has 0 radical (unpaired) electrons. The highest BCUT2D eigenvalue weighted by Crippen LogP contribution is 2.49. The molecule has 1 aromatic carbocycles. The van der Waals surface area contributed by atoms with Gasteiger partial charge in [-0.2, -0.15) is 13.2 Å². The zero-order chi connectivity index (χ0) is 16.9. The molecule has 0 amide bonds. The number of hydrogen-bond donors (Lipinski definition) is 1. The van der Waals surface area contributed by atoms with Gasteiger partial charge < -0.3 is 14.6 Å². The minimum absolute atomic E-state index is 0.0572. The second-order valence-electron chi connectivity index (χ2n) is 5.45. The van der Waals surface area contributed by atoms with Gasteiger partial charge in [0.05, 0.1) is 18.1 Å². The third-order valence-corrected chi connectivity index (χ3v) is 5.71. The summed E-state index contributed by atoms with van der Waals surface area (Å²) in [6.45, 7) is 0.191. The summed E-state index contributed by atoms with van der Waals surface area (Å²) in [4.78, 5) is -0.818. The van der Waals surface area contributed by atoms with Gasteiger partial charge in [0.2, 0.25) is 0 Å². The van der Waals surface area contributed by atoms with Crippen molar-refractivity contribution in [1.29, 1.82) is 0 Å². The number of benzene rings is 1. The number of sulfone groups is 1. The van der Waals surface area contributed by atoms with Gasteiger partial charge in [-0.15, -0.1) is 0 Å². The van der Waals surface area contributed by atoms with Crippen LogP contribution in [0.15, 0.2) is 17.0 Å². The zero-order valence-electron chi connectivity index (χ0n) is 12.0. The van der Waals surface area contributed by atoms with Crippen LogP contribution in [0.5, 0.6) is 0 Å². The van der Waals surface area contributed by atoms with Crippen molar-refractivity contribution in [3.05, 3.63) is 28.8 Å². The molecule has 0 unspecified atom stereocenters. The molecule has 9 heteroatoms. The number of ether oxygens (including phenoxy) is 2. The lowest BCUT2D eigenvalue weighted by Gasteiger charge is -2.26. The summed E-state index contributed by atoms with van der Waals surface area (Å²) in [5.74, 6) is -1.44. The first-order valence-corrected chi connectivity index (χ1v) is 8.56. The smallest absolute Gasteiger partial charge is 0.396 e. The van der Waals surface area contributed by atoms with Crippen molar-refractivity contribution >= 4 is 9.84 Å². The number of aliphatic hydroxyl groups excluding tert-OH is 1. The molecule has 2 aliphatic rings. The summed E-state index contributed by atoms with van der Waals surface area (Å²) < 4.78 is 73.9. The molecule has 0 aromatic heterocycles. The van der Waals surface area contributed by atoms with Crippen molar-refractivity contribution in [2.24, 2.45) is 0 Å². The standard InChI is InChI=1S/C14H15F3O5S/c15-14(16,17)23(19,20)11-2-1-9(4-6-18)10-3-5-13(12(10)11)21-7-8-22-13/h1-2,18H,3-8H2. The fourth-order valence-electron chi connectivity index (χ4n) is 3.23. The molecule has 1 spiro atoms. The van der Waals surface area contributed by atoms with Crippen LogP contribution in [-0.4, -0.2) is 38.9 Å². The fourth-order valence-corrected chi connectivity index (χ4v) is 4.28. The Morgan fingerprint density at radius 3 is 2.43 bits per heavy atom. The first-order chi connectivity index (χ1) is 10.7. The first-order valence-electron chi connectivity index (χ1n) is 7.08. The maximum Gasteiger partial charge on any atom is 0.501 e. The Hall–Kier alpha value is -1.16. The summed E-state index contributed by atoms with van der Waals surface area (Å²) in [5, 5.41) is 9.11. The number of halogens is 3. The topological polar surface area (TPSA) is 72.8 Å². The van der Waals surface area contributed by atoms with Crippen LogP contribution < -0.4 is 0 Å². The summed E-state index contributed by atoms with van der Waals surface area (Å²) in [6.07, 6.45) is 0.821. The molecule has 1 aromatic rings. The number of alkyl halides is 3. The first kappa shape index (κ1) is 16.7. The second kappa shape index (κ2) is 5.44. The molecule has 1 aliphatic carbocycles. The van der Waals surface area contributed by atoms with E-state index in [2.05, 4.69) is 0 Å². The summed E-state index contributed by atoms with van der Waals surface area (Å²) in [5.41, 5.74) is -4.38. The van der Waals surface area contributed by atoms with Crippen molar-refractivity contribution in [1.82, 2.24) is 0 Å². The predicted octanol–water partition coefficient (Wildman–Crippen LogP) is 1.66. The van der Waals surface area contributed by atoms with Gasteiger partial charge >= 0.3 is 5.51 Å². The van der Waals surface area contributed by atoms with Gasteiger partial charge in [0.25, 0.3) is 9.84 Å². The quantitative estimate of drug-likeness (QED) is 0.896. The van der Waals surface area contributed by atoms with Crippen molar-refractivity contribution in [2.45, 2.75) is 35.5 Å². The third-order valence-electron chi connectivity index (χ3n) is 4.19. The van der Waals surface area contributed by atoms with Crippen molar-refractivity contribution in [3.8, 4) is 0 Å². The molecule has 0 atom stereocenters. The van der Waals surface area contributed by atoms with Crippen molar-refractivity contribution in [3.63, 3.8) is 0 Å². The Kier molecular flexibility index (Phi) is 3.95. The van der Waals surface area contributed by atoms with Crippen LogP contribution >= 0.6 is 0 Å². The van der Waals surface area contributed by atoms with Crippen LogP contribution in [0.4, 0.5) is 13.2 Å². The molecule has 5 nitrogen and oxygen atoms in total. The molecule has 0 saturated carbocycles. The van der Waals surface area contributed by atoms with Gasteiger partial charge in [-0.25, -0.2) is 8.42 Å². The van der Waals surface area contributed by atoms with E-state index < -0.39 is 26.0 Å². The molecule has 1 aliphatic heterocycles. The molecule has 128 valence electrons. The molecule has 0 bridgehead atoms. The average Bonchev–Trinajstić information content (AvgIpc) is 3.08.